The first-order valence-corrected chi connectivity index (χ1v) is 4.62. The summed E-state index contributed by atoms with van der Waals surface area (Å²) in [7, 11) is 0. The Morgan fingerprint density at radius 1 is 1.42 bits per heavy atom. The average molecular weight is 166 g/mol. The molecule has 0 aromatic rings. The van der Waals surface area contributed by atoms with Gasteiger partial charge in [0.2, 0.25) is 0 Å². The Kier molecular flexibility index (Phi) is 1.71. The Hall–Kier alpha value is -0.790. The molecule has 0 radical (unpaired) electrons. The summed E-state index contributed by atoms with van der Waals surface area (Å²) in [6.07, 6.45) is 3.56. The lowest BCUT2D eigenvalue weighted by atomic mass is 9.82. The van der Waals surface area contributed by atoms with Gasteiger partial charge in [-0.05, 0) is 37.7 Å². The molecule has 0 bridgehead atoms. The summed E-state index contributed by atoms with van der Waals surface area (Å²) < 4.78 is 5.23. The third-order valence-corrected chi connectivity index (χ3v) is 2.97. The van der Waals surface area contributed by atoms with Crippen molar-refractivity contribution < 1.29 is 9.53 Å². The van der Waals surface area contributed by atoms with Crippen LogP contribution in [-0.4, -0.2) is 12.1 Å². The maximum Gasteiger partial charge on any atom is 0.334 e. The van der Waals surface area contributed by atoms with Crippen LogP contribution in [0.15, 0.2) is 11.1 Å². The quantitative estimate of drug-likeness (QED) is 0.515. The molecule has 2 nitrogen and oxygen atoms in total. The van der Waals surface area contributed by atoms with Crippen LogP contribution in [-0.2, 0) is 9.53 Å². The molecule has 2 atom stereocenters. The van der Waals surface area contributed by atoms with E-state index in [0.717, 1.165) is 12.0 Å². The van der Waals surface area contributed by atoms with Crippen LogP contribution in [0.2, 0.25) is 0 Å². The van der Waals surface area contributed by atoms with Gasteiger partial charge in [-0.25, -0.2) is 4.79 Å². The predicted molar refractivity (Wildman–Crippen MR) is 45.6 cm³/mol. The van der Waals surface area contributed by atoms with Gasteiger partial charge in [0.25, 0.3) is 0 Å². The molecule has 0 N–H and O–H groups in total. The Bertz CT molecular complexity index is 253. The van der Waals surface area contributed by atoms with Gasteiger partial charge in [-0.1, -0.05) is 6.92 Å². The molecule has 1 saturated carbocycles. The monoisotopic (exact) mass is 166 g/mol. The number of hydrogen-bond acceptors (Lipinski definition) is 2. The summed E-state index contributed by atoms with van der Waals surface area (Å²) >= 11 is 0. The highest BCUT2D eigenvalue weighted by molar-refractivity contribution is 5.91. The lowest BCUT2D eigenvalue weighted by molar-refractivity contribution is -0.140. The lowest BCUT2D eigenvalue weighted by Crippen LogP contribution is -2.20. The third kappa shape index (κ3) is 0.977. The second-order valence-corrected chi connectivity index (χ2v) is 3.81. The second-order valence-electron chi connectivity index (χ2n) is 3.81. The van der Waals surface area contributed by atoms with Crippen LogP contribution in [0.25, 0.3) is 0 Å². The first-order valence-electron chi connectivity index (χ1n) is 4.62. The fraction of sp³-hybridized carbons (Fsp3) is 0.700. The van der Waals surface area contributed by atoms with Crippen molar-refractivity contribution in [3.63, 3.8) is 0 Å². The van der Waals surface area contributed by atoms with E-state index in [1.807, 2.05) is 6.92 Å². The van der Waals surface area contributed by atoms with Crippen molar-refractivity contribution in [3.05, 3.63) is 11.1 Å². The van der Waals surface area contributed by atoms with Crippen LogP contribution in [0, 0.1) is 5.92 Å². The highest BCUT2D eigenvalue weighted by atomic mass is 16.5. The molecule has 1 fully saturated rings. The minimum atomic E-state index is -0.0937. The zero-order chi connectivity index (χ0) is 8.72. The minimum Gasteiger partial charge on any atom is -0.454 e. The maximum atomic E-state index is 11.2. The molecule has 0 aromatic heterocycles. The van der Waals surface area contributed by atoms with Gasteiger partial charge >= 0.3 is 5.97 Å². The summed E-state index contributed by atoms with van der Waals surface area (Å²) in [4.78, 5) is 11.2. The molecule has 1 aliphatic heterocycles. The van der Waals surface area contributed by atoms with E-state index >= 15 is 0 Å². The Balaban J connectivity index is 2.34. The third-order valence-electron chi connectivity index (χ3n) is 2.97. The molecule has 2 aliphatic rings. The number of carbonyl (C=O) groups excluding carboxylic acids is 1. The topological polar surface area (TPSA) is 26.3 Å². The second kappa shape index (κ2) is 2.61. The molecule has 2 rings (SSSR count). The molecule has 66 valence electrons. The summed E-state index contributed by atoms with van der Waals surface area (Å²) in [5, 5.41) is 0. The molecule has 12 heavy (non-hydrogen) atoms. The predicted octanol–water partition coefficient (Wildman–Crippen LogP) is 2.05. The van der Waals surface area contributed by atoms with Gasteiger partial charge in [0.15, 0.2) is 0 Å². The minimum absolute atomic E-state index is 0.0937. The van der Waals surface area contributed by atoms with E-state index in [1.165, 1.54) is 18.4 Å². The average Bonchev–Trinajstić information content (AvgIpc) is 2.29. The molecule has 0 saturated heterocycles. The number of ether oxygens (including phenoxy) is 1. The van der Waals surface area contributed by atoms with E-state index in [1.54, 1.807) is 0 Å². The van der Waals surface area contributed by atoms with Crippen LogP contribution < -0.4 is 0 Å². The number of rotatable bonds is 0. The van der Waals surface area contributed by atoms with Crippen LogP contribution in [0.3, 0.4) is 0 Å². The Morgan fingerprint density at radius 2 is 2.17 bits per heavy atom. The molecular weight excluding hydrogens is 152 g/mol. The molecule has 0 unspecified atom stereocenters. The highest BCUT2D eigenvalue weighted by Gasteiger charge is 2.36. The first kappa shape index (κ1) is 7.84. The smallest absolute Gasteiger partial charge is 0.334 e. The fourth-order valence-electron chi connectivity index (χ4n) is 2.31. The fourth-order valence-corrected chi connectivity index (χ4v) is 2.31. The van der Waals surface area contributed by atoms with Gasteiger partial charge in [0.1, 0.15) is 6.10 Å². The number of hydrogen-bond donors (Lipinski definition) is 0. The lowest BCUT2D eigenvalue weighted by Gasteiger charge is -2.25. The van der Waals surface area contributed by atoms with Crippen molar-refractivity contribution in [1.82, 2.24) is 0 Å². The molecule has 1 heterocycles. The van der Waals surface area contributed by atoms with E-state index in [2.05, 4.69) is 6.92 Å². The van der Waals surface area contributed by atoms with E-state index in [9.17, 15) is 4.79 Å². The van der Waals surface area contributed by atoms with E-state index in [4.69, 9.17) is 4.74 Å². The van der Waals surface area contributed by atoms with Gasteiger partial charge in [0, 0.05) is 5.57 Å². The standard InChI is InChI=1S/C10H14O2/c1-6-4-3-5-8-9(6)7(2)10(11)12-8/h6,8H,3-5H2,1-2H3/t6-,8-/m1/s1. The van der Waals surface area contributed by atoms with Crippen molar-refractivity contribution >= 4 is 5.97 Å². The van der Waals surface area contributed by atoms with Gasteiger partial charge in [-0.3, -0.25) is 0 Å². The Labute approximate surface area is 72.6 Å². The summed E-state index contributed by atoms with van der Waals surface area (Å²) in [5.74, 6) is 0.457. The summed E-state index contributed by atoms with van der Waals surface area (Å²) in [6.45, 7) is 4.08. The van der Waals surface area contributed by atoms with Crippen LogP contribution >= 0.6 is 0 Å². The summed E-state index contributed by atoms with van der Waals surface area (Å²) in [6, 6.07) is 0. The van der Waals surface area contributed by atoms with Gasteiger partial charge in [-0.15, -0.1) is 0 Å². The zero-order valence-corrected chi connectivity index (χ0v) is 7.59. The van der Waals surface area contributed by atoms with Crippen LogP contribution in [0.5, 0.6) is 0 Å². The highest BCUT2D eigenvalue weighted by Crippen LogP contribution is 2.37. The van der Waals surface area contributed by atoms with Crippen molar-refractivity contribution in [2.24, 2.45) is 5.92 Å². The number of esters is 1. The van der Waals surface area contributed by atoms with Crippen LogP contribution in [0.4, 0.5) is 0 Å². The van der Waals surface area contributed by atoms with E-state index in [0.29, 0.717) is 5.92 Å². The van der Waals surface area contributed by atoms with E-state index in [-0.39, 0.29) is 12.1 Å². The molecular formula is C10H14O2. The Morgan fingerprint density at radius 3 is 2.83 bits per heavy atom. The molecule has 1 aliphatic carbocycles. The zero-order valence-electron chi connectivity index (χ0n) is 7.59. The van der Waals surface area contributed by atoms with Crippen molar-refractivity contribution in [1.29, 1.82) is 0 Å². The van der Waals surface area contributed by atoms with Gasteiger partial charge < -0.3 is 4.74 Å². The molecule has 0 aromatic carbocycles. The normalized spacial score (nSPS) is 35.0. The van der Waals surface area contributed by atoms with Crippen molar-refractivity contribution in [2.45, 2.75) is 39.2 Å². The first-order chi connectivity index (χ1) is 5.70. The molecule has 0 spiro atoms. The van der Waals surface area contributed by atoms with Crippen LogP contribution in [0.1, 0.15) is 33.1 Å². The molecule has 2 heteroatoms. The SMILES string of the molecule is CC1=C2[C@H](C)CCC[C@H]2OC1=O. The molecule has 0 amide bonds. The van der Waals surface area contributed by atoms with Gasteiger partial charge in [0.05, 0.1) is 0 Å². The van der Waals surface area contributed by atoms with Crippen molar-refractivity contribution in [3.8, 4) is 0 Å². The maximum absolute atomic E-state index is 11.2. The number of carbonyl (C=O) groups is 1. The number of fused-ring (bicyclic) bond motifs is 1. The van der Waals surface area contributed by atoms with E-state index < -0.39 is 0 Å². The van der Waals surface area contributed by atoms with Crippen molar-refractivity contribution in [2.75, 3.05) is 0 Å². The summed E-state index contributed by atoms with van der Waals surface area (Å²) in [5.41, 5.74) is 2.14. The largest absolute Gasteiger partial charge is 0.454 e. The van der Waals surface area contributed by atoms with Gasteiger partial charge in [-0.2, -0.15) is 0 Å².